The maximum absolute atomic E-state index is 11.6. The molecule has 5 heteroatoms. The highest BCUT2D eigenvalue weighted by Crippen LogP contribution is 2.36. The number of hydrogen-bond donors (Lipinski definition) is 2. The maximum atomic E-state index is 11.6. The summed E-state index contributed by atoms with van der Waals surface area (Å²) in [5.74, 6) is -0.425. The van der Waals surface area contributed by atoms with Gasteiger partial charge in [-0.25, -0.2) is 0 Å². The SMILES string of the molecule is CCOC(=O)CC1(O)CC(N)Cc2cccnc21. The van der Waals surface area contributed by atoms with E-state index in [9.17, 15) is 9.90 Å². The molecule has 2 unspecified atom stereocenters. The van der Waals surface area contributed by atoms with Gasteiger partial charge in [0.05, 0.1) is 18.7 Å². The standard InChI is InChI=1S/C13H18N2O3/c1-2-18-11(16)8-13(17)7-10(14)6-9-4-3-5-15-12(9)13/h3-5,10,17H,2,6-8,14H2,1H3. The number of rotatable bonds is 3. The lowest BCUT2D eigenvalue weighted by molar-refractivity contribution is -0.150. The fourth-order valence-corrected chi connectivity index (χ4v) is 2.51. The minimum absolute atomic E-state index is 0.0987. The number of fused-ring (bicyclic) bond motifs is 1. The third-order valence-corrected chi connectivity index (χ3v) is 3.16. The molecule has 3 N–H and O–H groups in total. The predicted octanol–water partition coefficient (Wildman–Crippen LogP) is 0.496. The van der Waals surface area contributed by atoms with E-state index in [0.29, 0.717) is 25.1 Å². The molecule has 0 bridgehead atoms. The molecule has 1 aliphatic rings. The number of esters is 1. The van der Waals surface area contributed by atoms with Crippen molar-refractivity contribution in [1.82, 2.24) is 4.98 Å². The number of hydrogen-bond acceptors (Lipinski definition) is 5. The highest BCUT2D eigenvalue weighted by atomic mass is 16.5. The summed E-state index contributed by atoms with van der Waals surface area (Å²) in [5.41, 5.74) is 6.09. The monoisotopic (exact) mass is 250 g/mol. The molecule has 2 atom stereocenters. The fraction of sp³-hybridized carbons (Fsp3) is 0.538. The molecule has 0 spiro atoms. The average Bonchev–Trinajstić information content (AvgIpc) is 2.28. The first-order chi connectivity index (χ1) is 8.55. The third-order valence-electron chi connectivity index (χ3n) is 3.16. The molecular formula is C13H18N2O3. The Morgan fingerprint density at radius 2 is 2.50 bits per heavy atom. The number of aliphatic hydroxyl groups is 1. The van der Waals surface area contributed by atoms with E-state index in [2.05, 4.69) is 4.98 Å². The van der Waals surface area contributed by atoms with Crippen molar-refractivity contribution in [3.8, 4) is 0 Å². The Balaban J connectivity index is 2.29. The number of nitrogens with zero attached hydrogens (tertiary/aromatic N) is 1. The highest BCUT2D eigenvalue weighted by molar-refractivity contribution is 5.71. The van der Waals surface area contributed by atoms with Crippen LogP contribution in [-0.2, 0) is 21.6 Å². The first kappa shape index (κ1) is 13.0. The number of carbonyl (C=O) groups is 1. The van der Waals surface area contributed by atoms with Crippen molar-refractivity contribution in [3.63, 3.8) is 0 Å². The van der Waals surface area contributed by atoms with Crippen LogP contribution in [0.4, 0.5) is 0 Å². The molecule has 0 saturated heterocycles. The Morgan fingerprint density at radius 3 is 3.22 bits per heavy atom. The zero-order valence-electron chi connectivity index (χ0n) is 10.4. The third kappa shape index (κ3) is 2.52. The van der Waals surface area contributed by atoms with Gasteiger partial charge >= 0.3 is 5.97 Å². The van der Waals surface area contributed by atoms with Gasteiger partial charge in [0.15, 0.2) is 0 Å². The normalized spacial score (nSPS) is 26.5. The molecule has 0 fully saturated rings. The van der Waals surface area contributed by atoms with Crippen molar-refractivity contribution in [3.05, 3.63) is 29.6 Å². The van der Waals surface area contributed by atoms with Crippen molar-refractivity contribution < 1.29 is 14.6 Å². The number of aromatic nitrogens is 1. The lowest BCUT2D eigenvalue weighted by atomic mass is 9.78. The fourth-order valence-electron chi connectivity index (χ4n) is 2.51. The van der Waals surface area contributed by atoms with Crippen LogP contribution in [0.25, 0.3) is 0 Å². The molecule has 5 nitrogen and oxygen atoms in total. The summed E-state index contributed by atoms with van der Waals surface area (Å²) in [6.07, 6.45) is 2.52. The lowest BCUT2D eigenvalue weighted by Crippen LogP contribution is -2.43. The molecule has 0 aromatic carbocycles. The number of carbonyl (C=O) groups excluding carboxylic acids is 1. The second-order valence-electron chi connectivity index (χ2n) is 4.69. The van der Waals surface area contributed by atoms with E-state index in [1.54, 1.807) is 13.1 Å². The summed E-state index contributed by atoms with van der Waals surface area (Å²) >= 11 is 0. The average molecular weight is 250 g/mol. The summed E-state index contributed by atoms with van der Waals surface area (Å²) in [6, 6.07) is 3.53. The number of ether oxygens (including phenoxy) is 1. The summed E-state index contributed by atoms with van der Waals surface area (Å²) in [4.78, 5) is 15.8. The topological polar surface area (TPSA) is 85.4 Å². The first-order valence-corrected chi connectivity index (χ1v) is 6.13. The molecule has 0 radical (unpaired) electrons. The first-order valence-electron chi connectivity index (χ1n) is 6.13. The van der Waals surface area contributed by atoms with E-state index >= 15 is 0 Å². The van der Waals surface area contributed by atoms with Crippen LogP contribution in [-0.4, -0.2) is 28.7 Å². The van der Waals surface area contributed by atoms with E-state index < -0.39 is 11.6 Å². The van der Waals surface area contributed by atoms with Gasteiger partial charge in [0, 0.05) is 12.2 Å². The Hall–Kier alpha value is -1.46. The minimum atomic E-state index is -1.31. The highest BCUT2D eigenvalue weighted by Gasteiger charge is 2.41. The van der Waals surface area contributed by atoms with Gasteiger partial charge in [0.2, 0.25) is 0 Å². The van der Waals surface area contributed by atoms with Crippen LogP contribution >= 0.6 is 0 Å². The molecule has 1 aromatic heterocycles. The summed E-state index contributed by atoms with van der Waals surface area (Å²) in [5, 5.41) is 10.6. The van der Waals surface area contributed by atoms with Gasteiger partial charge < -0.3 is 15.6 Å². The Morgan fingerprint density at radius 1 is 1.72 bits per heavy atom. The second kappa shape index (κ2) is 5.04. The zero-order valence-corrected chi connectivity index (χ0v) is 10.4. The van der Waals surface area contributed by atoms with Crippen LogP contribution in [0.2, 0.25) is 0 Å². The quantitative estimate of drug-likeness (QED) is 0.763. The molecule has 0 amide bonds. The Bertz CT molecular complexity index is 450. The summed E-state index contributed by atoms with van der Waals surface area (Å²) in [7, 11) is 0. The second-order valence-corrected chi connectivity index (χ2v) is 4.69. The van der Waals surface area contributed by atoms with Crippen molar-refractivity contribution in [2.24, 2.45) is 5.73 Å². The smallest absolute Gasteiger partial charge is 0.309 e. The molecule has 1 heterocycles. The molecule has 1 aliphatic carbocycles. The van der Waals surface area contributed by atoms with Gasteiger partial charge in [0.1, 0.15) is 5.60 Å². The van der Waals surface area contributed by atoms with E-state index in [1.807, 2.05) is 12.1 Å². The van der Waals surface area contributed by atoms with Gasteiger partial charge in [-0.2, -0.15) is 0 Å². The van der Waals surface area contributed by atoms with Gasteiger partial charge in [-0.05, 0) is 31.4 Å². The van der Waals surface area contributed by atoms with Crippen LogP contribution in [0.15, 0.2) is 18.3 Å². The predicted molar refractivity (Wildman–Crippen MR) is 65.7 cm³/mol. The molecular weight excluding hydrogens is 232 g/mol. The van der Waals surface area contributed by atoms with E-state index in [-0.39, 0.29) is 12.5 Å². The Kier molecular flexibility index (Phi) is 3.63. The van der Waals surface area contributed by atoms with Crippen LogP contribution < -0.4 is 5.73 Å². The van der Waals surface area contributed by atoms with Gasteiger partial charge in [-0.15, -0.1) is 0 Å². The van der Waals surface area contributed by atoms with Crippen molar-refractivity contribution in [2.75, 3.05) is 6.61 Å². The van der Waals surface area contributed by atoms with Gasteiger partial charge in [0.25, 0.3) is 0 Å². The number of nitrogens with two attached hydrogens (primary N) is 1. The lowest BCUT2D eigenvalue weighted by Gasteiger charge is -2.35. The van der Waals surface area contributed by atoms with E-state index in [4.69, 9.17) is 10.5 Å². The van der Waals surface area contributed by atoms with Crippen molar-refractivity contribution in [1.29, 1.82) is 0 Å². The minimum Gasteiger partial charge on any atom is -0.466 e. The van der Waals surface area contributed by atoms with Crippen molar-refractivity contribution in [2.45, 2.75) is 37.8 Å². The van der Waals surface area contributed by atoms with Gasteiger partial charge in [-0.3, -0.25) is 9.78 Å². The largest absolute Gasteiger partial charge is 0.466 e. The molecule has 0 aliphatic heterocycles. The molecule has 0 saturated carbocycles. The summed E-state index contributed by atoms with van der Waals surface area (Å²) < 4.78 is 4.89. The number of pyridine rings is 1. The van der Waals surface area contributed by atoms with E-state index in [0.717, 1.165) is 5.56 Å². The molecule has 18 heavy (non-hydrogen) atoms. The van der Waals surface area contributed by atoms with Crippen LogP contribution in [0, 0.1) is 0 Å². The van der Waals surface area contributed by atoms with Crippen LogP contribution in [0.5, 0.6) is 0 Å². The summed E-state index contributed by atoms with van der Waals surface area (Å²) in [6.45, 7) is 2.04. The maximum Gasteiger partial charge on any atom is 0.309 e. The van der Waals surface area contributed by atoms with Crippen molar-refractivity contribution >= 4 is 5.97 Å². The Labute approximate surface area is 106 Å². The molecule has 1 aromatic rings. The molecule has 98 valence electrons. The van der Waals surface area contributed by atoms with Crippen LogP contribution in [0.3, 0.4) is 0 Å². The van der Waals surface area contributed by atoms with Gasteiger partial charge in [-0.1, -0.05) is 6.07 Å². The zero-order chi connectivity index (χ0) is 13.2. The van der Waals surface area contributed by atoms with Crippen LogP contribution in [0.1, 0.15) is 31.0 Å². The van der Waals surface area contributed by atoms with E-state index in [1.165, 1.54) is 0 Å². The molecule has 2 rings (SSSR count).